The van der Waals surface area contributed by atoms with Crippen LogP contribution in [0, 0.1) is 11.6 Å². The number of rotatable bonds is 6. The molecule has 3 nitrogen and oxygen atoms in total. The summed E-state index contributed by atoms with van der Waals surface area (Å²) >= 11 is 0. The van der Waals surface area contributed by atoms with Gasteiger partial charge in [0.2, 0.25) is 0 Å². The lowest BCUT2D eigenvalue weighted by atomic mass is 9.87. The highest BCUT2D eigenvalue weighted by atomic mass is 19.1. The van der Waals surface area contributed by atoms with Crippen molar-refractivity contribution in [2.45, 2.75) is 38.1 Å². The predicted molar refractivity (Wildman–Crippen MR) is 103 cm³/mol. The van der Waals surface area contributed by atoms with E-state index in [0.29, 0.717) is 6.04 Å². The molecule has 2 N–H and O–H groups in total. The van der Waals surface area contributed by atoms with E-state index in [0.717, 1.165) is 72.0 Å². The van der Waals surface area contributed by atoms with E-state index in [2.05, 4.69) is 10.3 Å². The van der Waals surface area contributed by atoms with Gasteiger partial charge in [0.05, 0.1) is 7.11 Å². The van der Waals surface area contributed by atoms with E-state index >= 15 is 0 Å². The van der Waals surface area contributed by atoms with Gasteiger partial charge < -0.3 is 15.0 Å². The first-order chi connectivity index (χ1) is 13.2. The van der Waals surface area contributed by atoms with E-state index in [-0.39, 0.29) is 11.6 Å². The van der Waals surface area contributed by atoms with E-state index in [1.807, 2.05) is 6.20 Å². The molecule has 0 spiro atoms. The maximum Gasteiger partial charge on any atom is 0.126 e. The monoisotopic (exact) mass is 370 g/mol. The second-order valence-corrected chi connectivity index (χ2v) is 7.21. The molecule has 0 fully saturated rings. The van der Waals surface area contributed by atoms with Gasteiger partial charge >= 0.3 is 0 Å². The number of aromatic nitrogens is 1. The number of ether oxygens (including phenoxy) is 1. The first-order valence-electron chi connectivity index (χ1n) is 9.49. The van der Waals surface area contributed by atoms with Crippen LogP contribution in [-0.4, -0.2) is 24.7 Å². The molecule has 0 saturated carbocycles. The molecular weight excluding hydrogens is 346 g/mol. The van der Waals surface area contributed by atoms with Gasteiger partial charge in [-0.05, 0) is 80.1 Å². The molecule has 4 rings (SSSR count). The van der Waals surface area contributed by atoms with E-state index in [4.69, 9.17) is 4.74 Å². The van der Waals surface area contributed by atoms with Crippen LogP contribution in [-0.2, 0) is 19.3 Å². The van der Waals surface area contributed by atoms with Gasteiger partial charge in [-0.3, -0.25) is 0 Å². The minimum atomic E-state index is -0.205. The Labute approximate surface area is 157 Å². The summed E-state index contributed by atoms with van der Waals surface area (Å²) in [5.74, 6) is 0.443. The molecule has 0 amide bonds. The van der Waals surface area contributed by atoms with Gasteiger partial charge in [-0.2, -0.15) is 0 Å². The molecule has 0 radical (unpaired) electrons. The van der Waals surface area contributed by atoms with Crippen LogP contribution in [0.4, 0.5) is 8.78 Å². The van der Waals surface area contributed by atoms with Gasteiger partial charge in [0.25, 0.3) is 0 Å². The Morgan fingerprint density at radius 3 is 2.93 bits per heavy atom. The summed E-state index contributed by atoms with van der Waals surface area (Å²) in [6.07, 6.45) is 6.27. The van der Waals surface area contributed by atoms with E-state index in [1.54, 1.807) is 25.3 Å². The normalized spacial score (nSPS) is 16.5. The third-order valence-corrected chi connectivity index (χ3v) is 5.53. The summed E-state index contributed by atoms with van der Waals surface area (Å²) < 4.78 is 32.9. The number of benzene rings is 2. The maximum atomic E-state index is 14.0. The minimum Gasteiger partial charge on any atom is -0.496 e. The Balaban J connectivity index is 1.34. The largest absolute Gasteiger partial charge is 0.496 e. The zero-order valence-electron chi connectivity index (χ0n) is 15.4. The molecule has 1 atom stereocenters. The first-order valence-corrected chi connectivity index (χ1v) is 9.49. The molecule has 27 heavy (non-hydrogen) atoms. The lowest BCUT2D eigenvalue weighted by Gasteiger charge is -2.27. The highest BCUT2D eigenvalue weighted by Gasteiger charge is 2.23. The van der Waals surface area contributed by atoms with Crippen LogP contribution in [0.1, 0.15) is 29.5 Å². The second kappa shape index (κ2) is 7.69. The topological polar surface area (TPSA) is 37.0 Å². The summed E-state index contributed by atoms with van der Waals surface area (Å²) in [4.78, 5) is 3.20. The van der Waals surface area contributed by atoms with Crippen molar-refractivity contribution in [1.29, 1.82) is 0 Å². The zero-order valence-corrected chi connectivity index (χ0v) is 15.4. The molecule has 1 unspecified atom stereocenters. The molecule has 142 valence electrons. The quantitative estimate of drug-likeness (QED) is 0.626. The highest BCUT2D eigenvalue weighted by molar-refractivity contribution is 5.83. The van der Waals surface area contributed by atoms with Gasteiger partial charge in [0.15, 0.2) is 0 Å². The Morgan fingerprint density at radius 2 is 2.07 bits per heavy atom. The van der Waals surface area contributed by atoms with Crippen molar-refractivity contribution in [3.63, 3.8) is 0 Å². The Morgan fingerprint density at radius 1 is 1.19 bits per heavy atom. The molecule has 1 aliphatic rings. The van der Waals surface area contributed by atoms with Crippen LogP contribution >= 0.6 is 0 Å². The van der Waals surface area contributed by atoms with E-state index < -0.39 is 0 Å². The van der Waals surface area contributed by atoms with Crippen LogP contribution in [0.3, 0.4) is 0 Å². The summed E-state index contributed by atoms with van der Waals surface area (Å²) in [6, 6.07) is 8.38. The number of fused-ring (bicyclic) bond motifs is 2. The summed E-state index contributed by atoms with van der Waals surface area (Å²) in [5.41, 5.74) is 3.91. The van der Waals surface area contributed by atoms with Crippen LogP contribution in [0.5, 0.6) is 5.75 Å². The lowest BCUT2D eigenvalue weighted by molar-refractivity contribution is 0.389. The van der Waals surface area contributed by atoms with Crippen molar-refractivity contribution < 1.29 is 13.5 Å². The fraction of sp³-hybridized carbons (Fsp3) is 0.364. The maximum absolute atomic E-state index is 14.0. The third-order valence-electron chi connectivity index (χ3n) is 5.53. The molecule has 3 aromatic rings. The number of halogens is 2. The highest BCUT2D eigenvalue weighted by Crippen LogP contribution is 2.31. The van der Waals surface area contributed by atoms with Crippen molar-refractivity contribution in [2.24, 2.45) is 0 Å². The van der Waals surface area contributed by atoms with Crippen LogP contribution < -0.4 is 10.1 Å². The van der Waals surface area contributed by atoms with Crippen molar-refractivity contribution in [3.05, 3.63) is 64.9 Å². The first kappa shape index (κ1) is 18.0. The molecule has 2 aromatic carbocycles. The second-order valence-electron chi connectivity index (χ2n) is 7.21. The Hall–Kier alpha value is -2.40. The van der Waals surface area contributed by atoms with Crippen LogP contribution in [0.25, 0.3) is 10.9 Å². The smallest absolute Gasteiger partial charge is 0.126 e. The average molecular weight is 370 g/mol. The number of aromatic amines is 1. The summed E-state index contributed by atoms with van der Waals surface area (Å²) in [7, 11) is 1.63. The number of hydrogen-bond acceptors (Lipinski definition) is 2. The van der Waals surface area contributed by atoms with Gasteiger partial charge in [0.1, 0.15) is 17.4 Å². The number of aryl methyl sites for hydroxylation is 1. The van der Waals surface area contributed by atoms with Crippen LogP contribution in [0.15, 0.2) is 36.5 Å². The van der Waals surface area contributed by atoms with E-state index in [9.17, 15) is 8.78 Å². The number of nitrogens with one attached hydrogen (secondary N) is 2. The number of methoxy groups -OCH3 is 1. The zero-order chi connectivity index (χ0) is 18.8. The lowest BCUT2D eigenvalue weighted by Crippen LogP contribution is -2.35. The van der Waals surface area contributed by atoms with Crippen molar-refractivity contribution >= 4 is 10.9 Å². The third kappa shape index (κ3) is 3.69. The fourth-order valence-electron chi connectivity index (χ4n) is 4.11. The van der Waals surface area contributed by atoms with E-state index in [1.165, 1.54) is 12.1 Å². The summed E-state index contributed by atoms with van der Waals surface area (Å²) in [5, 5.41) is 4.55. The standard InChI is InChI=1S/C22H24F2N2O/c1-27-22-9-7-20(24)17-6-5-16(12-19(17)22)25-10-2-3-14-13-26-21-8-4-15(23)11-18(14)21/h4,7-9,11,13,16,25-26H,2-3,5-6,10,12H2,1H3. The average Bonchev–Trinajstić information content (AvgIpc) is 3.07. The Bertz CT molecular complexity index is 951. The molecule has 1 aromatic heterocycles. The number of hydrogen-bond donors (Lipinski definition) is 2. The molecular formula is C22H24F2N2O. The predicted octanol–water partition coefficient (Wildman–Crippen LogP) is 4.53. The fourth-order valence-corrected chi connectivity index (χ4v) is 4.11. The molecule has 1 heterocycles. The Kier molecular flexibility index (Phi) is 5.12. The number of H-pyrrole nitrogens is 1. The SMILES string of the molecule is COc1ccc(F)c2c1CC(NCCCc1c[nH]c3ccc(F)cc13)CC2. The van der Waals surface area contributed by atoms with Crippen molar-refractivity contribution in [2.75, 3.05) is 13.7 Å². The van der Waals surface area contributed by atoms with Gasteiger partial charge in [-0.1, -0.05) is 0 Å². The molecule has 5 heteroatoms. The molecule has 1 aliphatic carbocycles. The van der Waals surface area contributed by atoms with Crippen LogP contribution in [0.2, 0.25) is 0 Å². The van der Waals surface area contributed by atoms with Crippen molar-refractivity contribution in [1.82, 2.24) is 10.3 Å². The molecule has 0 saturated heterocycles. The summed E-state index contributed by atoms with van der Waals surface area (Å²) in [6.45, 7) is 0.875. The molecule has 0 aliphatic heterocycles. The minimum absolute atomic E-state index is 0.129. The van der Waals surface area contributed by atoms with Gasteiger partial charge in [-0.25, -0.2) is 8.78 Å². The van der Waals surface area contributed by atoms with Crippen molar-refractivity contribution in [3.8, 4) is 5.75 Å². The molecule has 0 bridgehead atoms. The van der Waals surface area contributed by atoms with Gasteiger partial charge in [-0.15, -0.1) is 0 Å². The van der Waals surface area contributed by atoms with Gasteiger partial charge in [0, 0.05) is 28.7 Å².